The van der Waals surface area contributed by atoms with Crippen LogP contribution in [0.15, 0.2) is 11.1 Å². The summed E-state index contributed by atoms with van der Waals surface area (Å²) >= 11 is 0. The molecule has 1 atom stereocenters. The summed E-state index contributed by atoms with van der Waals surface area (Å²) < 4.78 is 33.7. The molecule has 1 aliphatic heterocycles. The minimum atomic E-state index is -4.04. The van der Waals surface area contributed by atoms with E-state index in [4.69, 9.17) is 4.74 Å². The Morgan fingerprint density at radius 3 is 2.79 bits per heavy atom. The van der Waals surface area contributed by atoms with Gasteiger partial charge in [-0.1, -0.05) is 0 Å². The lowest BCUT2D eigenvalue weighted by Gasteiger charge is -2.28. The molecule has 1 aromatic rings. The van der Waals surface area contributed by atoms with E-state index in [1.807, 2.05) is 0 Å². The highest BCUT2D eigenvalue weighted by atomic mass is 35.5. The SMILES string of the molecule is CCn1cc(S(=O)(=O)NCC2(COC)CCCN2)c([N+](=O)[O-])n1.Cl. The lowest BCUT2D eigenvalue weighted by Crippen LogP contribution is -2.52. The van der Waals surface area contributed by atoms with Crippen LogP contribution in [0.2, 0.25) is 0 Å². The fourth-order valence-corrected chi connectivity index (χ4v) is 3.89. The smallest absolute Gasteiger partial charge is 0.383 e. The predicted molar refractivity (Wildman–Crippen MR) is 88.8 cm³/mol. The van der Waals surface area contributed by atoms with E-state index in [2.05, 4.69) is 15.1 Å². The largest absolute Gasteiger partial charge is 0.410 e. The normalized spacial score (nSPS) is 20.8. The van der Waals surface area contributed by atoms with Crippen LogP contribution in [-0.4, -0.2) is 55.5 Å². The zero-order valence-electron chi connectivity index (χ0n) is 13.5. The zero-order valence-corrected chi connectivity index (χ0v) is 15.2. The van der Waals surface area contributed by atoms with Gasteiger partial charge in [-0.25, -0.2) is 13.1 Å². The van der Waals surface area contributed by atoms with Crippen LogP contribution in [0.3, 0.4) is 0 Å². The summed E-state index contributed by atoms with van der Waals surface area (Å²) in [5.74, 6) is -0.667. The van der Waals surface area contributed by atoms with E-state index < -0.39 is 31.2 Å². The topological polar surface area (TPSA) is 128 Å². The second kappa shape index (κ2) is 8.21. The molecule has 0 radical (unpaired) electrons. The summed E-state index contributed by atoms with van der Waals surface area (Å²) in [6.45, 7) is 3.28. The third kappa shape index (κ3) is 4.42. The number of nitrogens with one attached hydrogen (secondary N) is 2. The third-order valence-corrected chi connectivity index (χ3v) is 5.24. The minimum absolute atomic E-state index is 0. The lowest BCUT2D eigenvalue weighted by atomic mass is 9.99. The first-order valence-corrected chi connectivity index (χ1v) is 8.77. The molecule has 0 amide bonds. The van der Waals surface area contributed by atoms with Crippen molar-refractivity contribution >= 4 is 28.2 Å². The summed E-state index contributed by atoms with van der Waals surface area (Å²) in [6, 6.07) is 0. The summed E-state index contributed by atoms with van der Waals surface area (Å²) in [4.78, 5) is 9.82. The van der Waals surface area contributed by atoms with Crippen molar-refractivity contribution in [3.05, 3.63) is 16.3 Å². The maximum atomic E-state index is 12.5. The monoisotopic (exact) mass is 383 g/mol. The Morgan fingerprint density at radius 1 is 1.58 bits per heavy atom. The van der Waals surface area contributed by atoms with Crippen molar-refractivity contribution in [2.45, 2.75) is 36.7 Å². The van der Waals surface area contributed by atoms with Gasteiger partial charge in [-0.3, -0.25) is 0 Å². The maximum Gasteiger partial charge on any atom is 0.410 e. The Kier molecular flexibility index (Phi) is 7.10. The molecule has 2 heterocycles. The zero-order chi connectivity index (χ0) is 17.1. The van der Waals surface area contributed by atoms with E-state index in [-0.39, 0.29) is 19.0 Å². The number of aromatic nitrogens is 2. The molecule has 0 bridgehead atoms. The molecule has 2 N–H and O–H groups in total. The molecule has 0 aromatic carbocycles. The summed E-state index contributed by atoms with van der Waals surface area (Å²) in [5, 5.41) is 18.0. The quantitative estimate of drug-likeness (QED) is 0.487. The van der Waals surface area contributed by atoms with Gasteiger partial charge in [-0.15, -0.1) is 12.4 Å². The number of sulfonamides is 1. The standard InChI is InChI=1S/C12H21N5O5S.ClH/c1-3-16-7-10(11(15-16)17(18)19)23(20,21)14-8-12(9-22-2)5-4-6-13-12;/h7,13-14H,3-6,8-9H2,1-2H3;1H. The van der Waals surface area contributed by atoms with Gasteiger partial charge < -0.3 is 20.2 Å². The molecular formula is C12H22ClN5O5S. The molecule has 1 aromatic heterocycles. The van der Waals surface area contributed by atoms with Crippen LogP contribution < -0.4 is 10.0 Å². The molecule has 1 unspecified atom stereocenters. The molecule has 12 heteroatoms. The van der Waals surface area contributed by atoms with Gasteiger partial charge in [0.05, 0.1) is 30.0 Å². The average Bonchev–Trinajstić information content (AvgIpc) is 3.13. The molecule has 2 rings (SSSR count). The predicted octanol–water partition coefficient (Wildman–Crippen LogP) is 0.280. The van der Waals surface area contributed by atoms with Crippen molar-refractivity contribution in [2.75, 3.05) is 26.8 Å². The molecule has 24 heavy (non-hydrogen) atoms. The van der Waals surface area contributed by atoms with Crippen LogP contribution in [0.5, 0.6) is 0 Å². The van der Waals surface area contributed by atoms with Gasteiger partial charge in [-0.05, 0) is 31.2 Å². The Labute approximate surface area is 146 Å². The number of hydrogen-bond acceptors (Lipinski definition) is 7. The minimum Gasteiger partial charge on any atom is -0.383 e. The van der Waals surface area contributed by atoms with Gasteiger partial charge in [0.15, 0.2) is 0 Å². The highest BCUT2D eigenvalue weighted by Crippen LogP contribution is 2.23. The van der Waals surface area contributed by atoms with Crippen molar-refractivity contribution in [1.29, 1.82) is 0 Å². The molecule has 0 spiro atoms. The van der Waals surface area contributed by atoms with Crippen molar-refractivity contribution in [2.24, 2.45) is 0 Å². The number of hydrogen-bond donors (Lipinski definition) is 2. The number of halogens is 1. The van der Waals surface area contributed by atoms with Crippen LogP contribution >= 0.6 is 12.4 Å². The van der Waals surface area contributed by atoms with E-state index in [1.165, 1.54) is 10.9 Å². The number of nitrogens with zero attached hydrogens (tertiary/aromatic N) is 3. The Balaban J connectivity index is 0.00000288. The Morgan fingerprint density at radius 2 is 2.29 bits per heavy atom. The van der Waals surface area contributed by atoms with E-state index in [9.17, 15) is 18.5 Å². The number of rotatable bonds is 8. The van der Waals surface area contributed by atoms with Crippen molar-refractivity contribution in [1.82, 2.24) is 19.8 Å². The number of aryl methyl sites for hydroxylation is 1. The highest BCUT2D eigenvalue weighted by molar-refractivity contribution is 7.89. The summed E-state index contributed by atoms with van der Waals surface area (Å²) in [5.41, 5.74) is -0.489. The van der Waals surface area contributed by atoms with Crippen molar-refractivity contribution in [3.8, 4) is 0 Å². The Hall–Kier alpha value is -1.27. The van der Waals surface area contributed by atoms with Gasteiger partial charge in [-0.2, -0.15) is 4.68 Å². The molecule has 1 saturated heterocycles. The van der Waals surface area contributed by atoms with E-state index in [0.717, 1.165) is 19.4 Å². The number of nitro groups is 1. The number of methoxy groups -OCH3 is 1. The van der Waals surface area contributed by atoms with Gasteiger partial charge in [0.25, 0.3) is 10.0 Å². The highest BCUT2D eigenvalue weighted by Gasteiger charge is 2.37. The molecule has 10 nitrogen and oxygen atoms in total. The first kappa shape index (κ1) is 20.8. The fourth-order valence-electron chi connectivity index (χ4n) is 2.65. The lowest BCUT2D eigenvalue weighted by molar-refractivity contribution is -0.392. The molecule has 0 saturated carbocycles. The number of ether oxygens (including phenoxy) is 1. The van der Waals surface area contributed by atoms with E-state index in [0.29, 0.717) is 13.2 Å². The van der Waals surface area contributed by atoms with Gasteiger partial charge in [0, 0.05) is 13.7 Å². The van der Waals surface area contributed by atoms with Gasteiger partial charge in [0.2, 0.25) is 4.90 Å². The summed E-state index contributed by atoms with van der Waals surface area (Å²) in [6.07, 6.45) is 2.85. The maximum absolute atomic E-state index is 12.5. The summed E-state index contributed by atoms with van der Waals surface area (Å²) in [7, 11) is -2.49. The van der Waals surface area contributed by atoms with Crippen molar-refractivity contribution in [3.63, 3.8) is 0 Å². The van der Waals surface area contributed by atoms with E-state index in [1.54, 1.807) is 14.0 Å². The van der Waals surface area contributed by atoms with Gasteiger partial charge >= 0.3 is 5.82 Å². The van der Waals surface area contributed by atoms with E-state index >= 15 is 0 Å². The van der Waals surface area contributed by atoms with Gasteiger partial charge in [0.1, 0.15) is 0 Å². The fraction of sp³-hybridized carbons (Fsp3) is 0.750. The van der Waals surface area contributed by atoms with Crippen LogP contribution in [0.4, 0.5) is 5.82 Å². The molecular weight excluding hydrogens is 362 g/mol. The van der Waals surface area contributed by atoms with Crippen LogP contribution in [0, 0.1) is 10.1 Å². The molecule has 0 aliphatic carbocycles. The molecule has 1 aliphatic rings. The molecule has 1 fully saturated rings. The van der Waals surface area contributed by atoms with Crippen molar-refractivity contribution < 1.29 is 18.1 Å². The Bertz CT molecular complexity index is 671. The van der Waals surface area contributed by atoms with Crippen LogP contribution in [-0.2, 0) is 21.3 Å². The first-order chi connectivity index (χ1) is 10.8. The average molecular weight is 384 g/mol. The van der Waals surface area contributed by atoms with Crippen LogP contribution in [0.1, 0.15) is 19.8 Å². The molecule has 138 valence electrons. The third-order valence-electron chi connectivity index (χ3n) is 3.85. The first-order valence-electron chi connectivity index (χ1n) is 7.29. The van der Waals surface area contributed by atoms with Crippen LogP contribution in [0.25, 0.3) is 0 Å². The second-order valence-corrected chi connectivity index (χ2v) is 7.23. The second-order valence-electron chi connectivity index (χ2n) is 5.50.